The lowest BCUT2D eigenvalue weighted by molar-refractivity contribution is -0.119. The van der Waals surface area contributed by atoms with E-state index in [-0.39, 0.29) is 50.8 Å². The molecule has 6 nitrogen and oxygen atoms in total. The van der Waals surface area contributed by atoms with Gasteiger partial charge < -0.3 is 23.8 Å². The zero-order valence-corrected chi connectivity index (χ0v) is 19.7. The Balaban J connectivity index is 1.30. The molecule has 0 N–H and O–H groups in total. The summed E-state index contributed by atoms with van der Waals surface area (Å²) in [6.07, 6.45) is -0.833. The zero-order valence-electron chi connectivity index (χ0n) is 19.7. The van der Waals surface area contributed by atoms with Crippen molar-refractivity contribution in [2.45, 2.75) is 42.5 Å². The summed E-state index contributed by atoms with van der Waals surface area (Å²) in [5.41, 5.74) is -2.11. The number of rotatable bonds is 6. The van der Waals surface area contributed by atoms with Gasteiger partial charge in [0.05, 0.1) is 25.8 Å². The van der Waals surface area contributed by atoms with Crippen LogP contribution in [0.1, 0.15) is 35.2 Å². The lowest BCUT2D eigenvalue weighted by atomic mass is 9.76. The number of nitrogens with zero attached hydrogens (tertiary/aromatic N) is 1. The Hall–Kier alpha value is -2.65. The molecule has 2 aliphatic heterocycles. The van der Waals surface area contributed by atoms with Crippen LogP contribution in [-0.4, -0.2) is 70.9 Å². The third-order valence-corrected chi connectivity index (χ3v) is 6.99. The van der Waals surface area contributed by atoms with Crippen molar-refractivity contribution in [2.24, 2.45) is 5.92 Å². The van der Waals surface area contributed by atoms with E-state index in [2.05, 4.69) is 0 Å². The summed E-state index contributed by atoms with van der Waals surface area (Å²) in [6, 6.07) is 10.7. The van der Waals surface area contributed by atoms with Crippen LogP contribution in [0, 0.1) is 11.7 Å². The number of alkyl halides is 2. The second kappa shape index (κ2) is 9.03. The first-order valence-corrected chi connectivity index (χ1v) is 11.7. The van der Waals surface area contributed by atoms with Crippen LogP contribution in [0.4, 0.5) is 13.2 Å². The molecule has 36 heavy (non-hydrogen) atoms. The standard InChI is InChI=1S/C25H24B2F3NO5/c1-33-20-9-16(5-6-19(20)34-14-15-11-23(29,30)12-15)22(32)31-8-7-24(17-3-2-4-18(28)10-17)21(13-31)35-25(26,27)36-24/h2-6,9-10,15,21H,7-8,11-14H2,1H3. The molecule has 2 aromatic carbocycles. The van der Waals surface area contributed by atoms with Gasteiger partial charge in [0.15, 0.2) is 11.5 Å². The van der Waals surface area contributed by atoms with Gasteiger partial charge in [-0.25, -0.2) is 13.2 Å². The van der Waals surface area contributed by atoms with Gasteiger partial charge in [-0.05, 0) is 35.9 Å². The van der Waals surface area contributed by atoms with Gasteiger partial charge in [0.1, 0.15) is 33.2 Å². The SMILES string of the molecule is [B]C1([B])OC2CN(C(=O)c3ccc(OCC4CC(F)(F)C4)c(OC)c3)CCC2(c2cccc(F)c2)O1. The third-order valence-electron chi connectivity index (χ3n) is 6.99. The number of methoxy groups -OCH3 is 1. The number of piperidine rings is 1. The van der Waals surface area contributed by atoms with Crippen molar-refractivity contribution in [1.29, 1.82) is 0 Å². The molecule has 2 saturated heterocycles. The molecule has 5 rings (SSSR count). The molecule has 2 aromatic rings. The number of ether oxygens (including phenoxy) is 4. The maximum Gasteiger partial charge on any atom is 0.254 e. The Morgan fingerprint density at radius 2 is 1.94 bits per heavy atom. The maximum absolute atomic E-state index is 14.0. The van der Waals surface area contributed by atoms with Crippen molar-refractivity contribution in [3.63, 3.8) is 0 Å². The number of likely N-dealkylation sites (tertiary alicyclic amines) is 1. The highest BCUT2D eigenvalue weighted by molar-refractivity contribution is 6.38. The van der Waals surface area contributed by atoms with Gasteiger partial charge in [0, 0.05) is 37.3 Å². The quantitative estimate of drug-likeness (QED) is 0.574. The number of hydrogen-bond donors (Lipinski definition) is 0. The Bertz CT molecular complexity index is 1160. The van der Waals surface area contributed by atoms with Crippen molar-refractivity contribution in [3.8, 4) is 11.5 Å². The predicted molar refractivity (Wildman–Crippen MR) is 125 cm³/mol. The molecule has 0 spiro atoms. The summed E-state index contributed by atoms with van der Waals surface area (Å²) in [7, 11) is 13.3. The normalized spacial score (nSPS) is 26.7. The van der Waals surface area contributed by atoms with Gasteiger partial charge in [-0.2, -0.15) is 0 Å². The molecular formula is C25H24B2F3NO5. The van der Waals surface area contributed by atoms with E-state index in [0.717, 1.165) is 0 Å². The lowest BCUT2D eigenvalue weighted by Crippen LogP contribution is -2.53. The largest absolute Gasteiger partial charge is 0.493 e. The first-order chi connectivity index (χ1) is 17.0. The average Bonchev–Trinajstić information content (AvgIpc) is 3.11. The van der Waals surface area contributed by atoms with Gasteiger partial charge in [0.2, 0.25) is 5.92 Å². The Morgan fingerprint density at radius 1 is 1.17 bits per heavy atom. The van der Waals surface area contributed by atoms with Crippen LogP contribution in [0.5, 0.6) is 11.5 Å². The van der Waals surface area contributed by atoms with Crippen LogP contribution >= 0.6 is 0 Å². The van der Waals surface area contributed by atoms with Crippen molar-refractivity contribution in [2.75, 3.05) is 26.8 Å². The highest BCUT2D eigenvalue weighted by Crippen LogP contribution is 2.47. The van der Waals surface area contributed by atoms with Crippen LogP contribution < -0.4 is 9.47 Å². The van der Waals surface area contributed by atoms with E-state index in [1.807, 2.05) is 0 Å². The van der Waals surface area contributed by atoms with E-state index in [9.17, 15) is 18.0 Å². The first-order valence-electron chi connectivity index (χ1n) is 11.7. The van der Waals surface area contributed by atoms with E-state index in [0.29, 0.717) is 22.6 Å². The second-order valence-corrected chi connectivity index (χ2v) is 9.64. The summed E-state index contributed by atoms with van der Waals surface area (Å²) in [6.45, 7) is 0.538. The summed E-state index contributed by atoms with van der Waals surface area (Å²) >= 11 is 0. The molecule has 1 saturated carbocycles. The van der Waals surface area contributed by atoms with E-state index in [1.165, 1.54) is 19.2 Å². The minimum atomic E-state index is -2.61. The monoisotopic (exact) mass is 497 g/mol. The van der Waals surface area contributed by atoms with Crippen LogP contribution in [0.2, 0.25) is 0 Å². The highest BCUT2D eigenvalue weighted by atomic mass is 19.3. The number of amides is 1. The number of fused-ring (bicyclic) bond motifs is 1. The fraction of sp³-hybridized carbons (Fsp3) is 0.480. The van der Waals surface area contributed by atoms with Gasteiger partial charge >= 0.3 is 0 Å². The highest BCUT2D eigenvalue weighted by Gasteiger charge is 2.56. The molecule has 2 heterocycles. The smallest absolute Gasteiger partial charge is 0.254 e. The first kappa shape index (κ1) is 25.0. The fourth-order valence-electron chi connectivity index (χ4n) is 5.22. The minimum absolute atomic E-state index is 0.113. The van der Waals surface area contributed by atoms with Crippen LogP contribution in [0.15, 0.2) is 42.5 Å². The molecule has 186 valence electrons. The van der Waals surface area contributed by atoms with Gasteiger partial charge in [0.25, 0.3) is 5.91 Å². The Labute approximate surface area is 209 Å². The average molecular weight is 497 g/mol. The molecule has 0 aromatic heterocycles. The summed E-state index contributed by atoms with van der Waals surface area (Å²) in [5.74, 6) is -2.87. The molecule has 2 atom stereocenters. The summed E-state index contributed by atoms with van der Waals surface area (Å²) in [5, 5.41) is 0. The fourth-order valence-corrected chi connectivity index (χ4v) is 5.22. The third kappa shape index (κ3) is 4.70. The predicted octanol–water partition coefficient (Wildman–Crippen LogP) is 3.36. The van der Waals surface area contributed by atoms with Gasteiger partial charge in [-0.3, -0.25) is 4.79 Å². The molecular weight excluding hydrogens is 473 g/mol. The summed E-state index contributed by atoms with van der Waals surface area (Å²) in [4.78, 5) is 14.9. The van der Waals surface area contributed by atoms with Crippen LogP contribution in [0.3, 0.4) is 0 Å². The van der Waals surface area contributed by atoms with Crippen LogP contribution in [0.25, 0.3) is 0 Å². The Kier molecular flexibility index (Phi) is 6.27. The maximum atomic E-state index is 14.0. The van der Waals surface area contributed by atoms with Crippen molar-refractivity contribution in [1.82, 2.24) is 4.90 Å². The van der Waals surface area contributed by atoms with E-state index in [4.69, 9.17) is 34.6 Å². The zero-order chi connectivity index (χ0) is 25.7. The summed E-state index contributed by atoms with van der Waals surface area (Å²) < 4.78 is 62.8. The van der Waals surface area contributed by atoms with Crippen molar-refractivity contribution < 1.29 is 36.9 Å². The minimum Gasteiger partial charge on any atom is -0.493 e. The second-order valence-electron chi connectivity index (χ2n) is 9.64. The van der Waals surface area contributed by atoms with Crippen molar-refractivity contribution in [3.05, 3.63) is 59.4 Å². The molecule has 1 amide bonds. The number of benzene rings is 2. The molecule has 4 radical (unpaired) electrons. The number of carbonyl (C=O) groups excluding carboxylic acids is 1. The molecule has 1 aliphatic carbocycles. The lowest BCUT2D eigenvalue weighted by Gasteiger charge is -2.42. The van der Waals surface area contributed by atoms with E-state index < -0.39 is 29.0 Å². The van der Waals surface area contributed by atoms with Crippen LogP contribution in [-0.2, 0) is 15.1 Å². The van der Waals surface area contributed by atoms with Crippen molar-refractivity contribution >= 4 is 21.6 Å². The van der Waals surface area contributed by atoms with Gasteiger partial charge in [-0.15, -0.1) is 0 Å². The molecule has 3 aliphatic rings. The molecule has 11 heteroatoms. The molecule has 2 unspecified atom stereocenters. The number of hydrogen-bond acceptors (Lipinski definition) is 5. The van der Waals surface area contributed by atoms with Gasteiger partial charge in [-0.1, -0.05) is 12.1 Å². The Morgan fingerprint density at radius 3 is 2.64 bits per heavy atom. The van der Waals surface area contributed by atoms with E-state index >= 15 is 0 Å². The topological polar surface area (TPSA) is 57.2 Å². The molecule has 0 bridgehead atoms. The van der Waals surface area contributed by atoms with E-state index in [1.54, 1.807) is 35.2 Å². The number of halogens is 3. The molecule has 3 fully saturated rings. The number of carbonyl (C=O) groups is 1.